The van der Waals surface area contributed by atoms with E-state index in [9.17, 15) is 9.59 Å². The van der Waals surface area contributed by atoms with E-state index < -0.39 is 0 Å². The van der Waals surface area contributed by atoms with Gasteiger partial charge in [-0.05, 0) is 12.8 Å². The third kappa shape index (κ3) is 3.45. The van der Waals surface area contributed by atoms with Gasteiger partial charge in [0.2, 0.25) is 5.91 Å². The lowest BCUT2D eigenvalue weighted by molar-refractivity contribution is -0.142. The summed E-state index contributed by atoms with van der Waals surface area (Å²) in [6, 6.07) is 0.0639. The number of likely N-dealkylation sites (tertiary alicyclic amines) is 1. The molecule has 100 valence electrons. The standard InChI is InChI=1S/C14H21NO3/c1-4-6-9-15-12(7-8-13(15)16)11(5-2)10-14(17)18-3/h4-5,11-12H,1-2,6-10H2,3H3/t11-,12+/m1/s1. The van der Waals surface area contributed by atoms with Gasteiger partial charge in [-0.25, -0.2) is 0 Å². The highest BCUT2D eigenvalue weighted by atomic mass is 16.5. The summed E-state index contributed by atoms with van der Waals surface area (Å²) in [4.78, 5) is 25.0. The van der Waals surface area contributed by atoms with Crippen molar-refractivity contribution in [2.75, 3.05) is 13.7 Å². The summed E-state index contributed by atoms with van der Waals surface area (Å²) in [5, 5.41) is 0. The maximum atomic E-state index is 11.8. The zero-order chi connectivity index (χ0) is 13.5. The number of hydrogen-bond donors (Lipinski definition) is 0. The van der Waals surface area contributed by atoms with Crippen molar-refractivity contribution in [3.63, 3.8) is 0 Å². The molecule has 0 saturated carbocycles. The van der Waals surface area contributed by atoms with Crippen LogP contribution in [0.3, 0.4) is 0 Å². The summed E-state index contributed by atoms with van der Waals surface area (Å²) in [7, 11) is 1.37. The Morgan fingerprint density at radius 2 is 2.33 bits per heavy atom. The predicted octanol–water partition coefficient (Wildman–Crippen LogP) is 1.92. The molecule has 0 bridgehead atoms. The van der Waals surface area contributed by atoms with Crippen LogP contribution >= 0.6 is 0 Å². The van der Waals surface area contributed by atoms with E-state index in [4.69, 9.17) is 0 Å². The number of nitrogens with zero attached hydrogens (tertiary/aromatic N) is 1. The monoisotopic (exact) mass is 251 g/mol. The first-order valence-corrected chi connectivity index (χ1v) is 6.23. The Bertz CT molecular complexity index is 338. The number of carbonyl (C=O) groups is 2. The molecule has 1 saturated heterocycles. The van der Waals surface area contributed by atoms with E-state index in [0.717, 1.165) is 12.8 Å². The van der Waals surface area contributed by atoms with Crippen LogP contribution in [0.4, 0.5) is 0 Å². The second kappa shape index (κ2) is 6.99. The Balaban J connectivity index is 2.70. The maximum absolute atomic E-state index is 11.8. The molecule has 18 heavy (non-hydrogen) atoms. The fraction of sp³-hybridized carbons (Fsp3) is 0.571. The van der Waals surface area contributed by atoms with Gasteiger partial charge in [-0.15, -0.1) is 13.2 Å². The number of hydrogen-bond acceptors (Lipinski definition) is 3. The van der Waals surface area contributed by atoms with Gasteiger partial charge < -0.3 is 9.64 Å². The highest BCUT2D eigenvalue weighted by molar-refractivity contribution is 5.79. The average molecular weight is 251 g/mol. The maximum Gasteiger partial charge on any atom is 0.306 e. The van der Waals surface area contributed by atoms with E-state index in [-0.39, 0.29) is 30.3 Å². The van der Waals surface area contributed by atoms with Crippen LogP contribution in [0.15, 0.2) is 25.3 Å². The molecule has 0 radical (unpaired) electrons. The van der Waals surface area contributed by atoms with Crippen LogP contribution in [0.5, 0.6) is 0 Å². The lowest BCUT2D eigenvalue weighted by atomic mass is 9.94. The van der Waals surface area contributed by atoms with Gasteiger partial charge in [0.15, 0.2) is 0 Å². The molecule has 1 aliphatic rings. The van der Waals surface area contributed by atoms with E-state index in [1.165, 1.54) is 7.11 Å². The number of carbonyl (C=O) groups excluding carboxylic acids is 2. The molecule has 0 aromatic rings. The van der Waals surface area contributed by atoms with Crippen molar-refractivity contribution in [3.05, 3.63) is 25.3 Å². The Labute approximate surface area is 108 Å². The first kappa shape index (κ1) is 14.5. The third-order valence-electron chi connectivity index (χ3n) is 3.38. The SMILES string of the molecule is C=CCCN1C(=O)CC[C@H]1[C@H](C=C)CC(=O)OC. The molecule has 0 unspecified atom stereocenters. The van der Waals surface area contributed by atoms with Crippen LogP contribution < -0.4 is 0 Å². The molecule has 4 heteroatoms. The number of methoxy groups -OCH3 is 1. The predicted molar refractivity (Wildman–Crippen MR) is 69.9 cm³/mol. The summed E-state index contributed by atoms with van der Waals surface area (Å²) < 4.78 is 4.68. The fourth-order valence-corrected chi connectivity index (χ4v) is 2.37. The first-order chi connectivity index (χ1) is 8.63. The number of rotatable bonds is 7. The van der Waals surface area contributed by atoms with Gasteiger partial charge in [0.25, 0.3) is 0 Å². The van der Waals surface area contributed by atoms with Crippen LogP contribution in [0.1, 0.15) is 25.7 Å². The van der Waals surface area contributed by atoms with Crippen molar-refractivity contribution in [3.8, 4) is 0 Å². The molecule has 4 nitrogen and oxygen atoms in total. The van der Waals surface area contributed by atoms with Gasteiger partial charge in [-0.1, -0.05) is 12.2 Å². The molecule has 2 atom stereocenters. The fourth-order valence-electron chi connectivity index (χ4n) is 2.37. The molecule has 0 aliphatic carbocycles. The van der Waals surface area contributed by atoms with Crippen LogP contribution in [0.25, 0.3) is 0 Å². The molecule has 1 fully saturated rings. The largest absolute Gasteiger partial charge is 0.469 e. The van der Waals surface area contributed by atoms with Crippen molar-refractivity contribution in [2.24, 2.45) is 5.92 Å². The zero-order valence-electron chi connectivity index (χ0n) is 10.9. The van der Waals surface area contributed by atoms with Gasteiger partial charge in [-0.3, -0.25) is 9.59 Å². The topological polar surface area (TPSA) is 46.6 Å². The minimum absolute atomic E-state index is 0.0336. The Kier molecular flexibility index (Phi) is 5.62. The second-order valence-electron chi connectivity index (χ2n) is 4.45. The minimum atomic E-state index is -0.261. The molecule has 0 spiro atoms. The summed E-state index contributed by atoms with van der Waals surface area (Å²) in [6.07, 6.45) is 5.93. The summed E-state index contributed by atoms with van der Waals surface area (Å²) >= 11 is 0. The van der Waals surface area contributed by atoms with Crippen molar-refractivity contribution >= 4 is 11.9 Å². The van der Waals surface area contributed by atoms with Gasteiger partial charge in [0.1, 0.15) is 0 Å². The molecule has 1 heterocycles. The summed E-state index contributed by atoms with van der Waals surface area (Å²) in [6.45, 7) is 8.10. The van der Waals surface area contributed by atoms with E-state index >= 15 is 0 Å². The van der Waals surface area contributed by atoms with E-state index in [1.807, 2.05) is 4.90 Å². The molecular formula is C14H21NO3. The minimum Gasteiger partial charge on any atom is -0.469 e. The molecular weight excluding hydrogens is 230 g/mol. The lowest BCUT2D eigenvalue weighted by Gasteiger charge is -2.29. The number of ether oxygens (including phenoxy) is 1. The highest BCUT2D eigenvalue weighted by Gasteiger charge is 2.35. The normalized spacial score (nSPS) is 20.6. The van der Waals surface area contributed by atoms with Gasteiger partial charge in [0, 0.05) is 24.9 Å². The van der Waals surface area contributed by atoms with Crippen LogP contribution in [0.2, 0.25) is 0 Å². The zero-order valence-corrected chi connectivity index (χ0v) is 10.9. The molecule has 1 rings (SSSR count). The van der Waals surface area contributed by atoms with Crippen molar-refractivity contribution < 1.29 is 14.3 Å². The van der Waals surface area contributed by atoms with Gasteiger partial charge >= 0.3 is 5.97 Å². The van der Waals surface area contributed by atoms with Crippen molar-refractivity contribution in [2.45, 2.75) is 31.7 Å². The quantitative estimate of drug-likeness (QED) is 0.513. The molecule has 0 aromatic heterocycles. The number of esters is 1. The summed E-state index contributed by atoms with van der Waals surface area (Å²) in [5.41, 5.74) is 0. The van der Waals surface area contributed by atoms with Crippen molar-refractivity contribution in [1.29, 1.82) is 0 Å². The van der Waals surface area contributed by atoms with Crippen LogP contribution in [-0.4, -0.2) is 36.5 Å². The van der Waals surface area contributed by atoms with Gasteiger partial charge in [-0.2, -0.15) is 0 Å². The van der Waals surface area contributed by atoms with Crippen LogP contribution in [0, 0.1) is 5.92 Å². The van der Waals surface area contributed by atoms with E-state index in [0.29, 0.717) is 13.0 Å². The molecule has 1 amide bonds. The van der Waals surface area contributed by atoms with E-state index in [2.05, 4.69) is 17.9 Å². The first-order valence-electron chi connectivity index (χ1n) is 6.23. The third-order valence-corrected chi connectivity index (χ3v) is 3.38. The number of amides is 1. The Hall–Kier alpha value is -1.58. The van der Waals surface area contributed by atoms with E-state index in [1.54, 1.807) is 12.2 Å². The van der Waals surface area contributed by atoms with Gasteiger partial charge in [0.05, 0.1) is 13.5 Å². The van der Waals surface area contributed by atoms with Crippen molar-refractivity contribution in [1.82, 2.24) is 4.90 Å². The Morgan fingerprint density at radius 1 is 1.61 bits per heavy atom. The smallest absolute Gasteiger partial charge is 0.306 e. The van der Waals surface area contributed by atoms with Crippen LogP contribution in [-0.2, 0) is 14.3 Å². The highest BCUT2D eigenvalue weighted by Crippen LogP contribution is 2.28. The molecule has 0 N–H and O–H groups in total. The lowest BCUT2D eigenvalue weighted by Crippen LogP contribution is -2.38. The molecule has 0 aromatic carbocycles. The second-order valence-corrected chi connectivity index (χ2v) is 4.45. The Morgan fingerprint density at radius 3 is 2.89 bits per heavy atom. The summed E-state index contributed by atoms with van der Waals surface area (Å²) in [5.74, 6) is -0.143. The molecule has 1 aliphatic heterocycles. The average Bonchev–Trinajstić information content (AvgIpc) is 2.74.